The van der Waals surface area contributed by atoms with Crippen LogP contribution in [0.15, 0.2) is 23.1 Å². The van der Waals surface area contributed by atoms with Crippen molar-refractivity contribution in [2.45, 2.75) is 70.4 Å². The number of carbonyl (C=O) groups is 1. The van der Waals surface area contributed by atoms with E-state index in [0.29, 0.717) is 10.6 Å². The van der Waals surface area contributed by atoms with Crippen molar-refractivity contribution < 1.29 is 13.2 Å². The van der Waals surface area contributed by atoms with E-state index < -0.39 is 10.0 Å². The lowest BCUT2D eigenvalue weighted by Crippen LogP contribution is -2.41. The molecule has 0 radical (unpaired) electrons. The molecule has 0 unspecified atom stereocenters. The summed E-state index contributed by atoms with van der Waals surface area (Å²) >= 11 is 1.32. The number of hydrogen-bond acceptors (Lipinski definition) is 5. The summed E-state index contributed by atoms with van der Waals surface area (Å²) in [5, 5.41) is 3.43. The smallest absolute Gasteiger partial charge is 0.243 e. The first-order valence-electron chi connectivity index (χ1n) is 9.45. The van der Waals surface area contributed by atoms with Crippen molar-refractivity contribution in [3.63, 3.8) is 0 Å². The molecule has 6 nitrogen and oxygen atoms in total. The van der Waals surface area contributed by atoms with E-state index in [1.807, 2.05) is 27.7 Å². The fraction of sp³-hybridized carbons (Fsp3) is 0.579. The second-order valence-corrected chi connectivity index (χ2v) is 10.5. The molecule has 0 atom stereocenters. The van der Waals surface area contributed by atoms with Gasteiger partial charge in [-0.3, -0.25) is 4.79 Å². The number of thiazole rings is 1. The van der Waals surface area contributed by atoms with Crippen molar-refractivity contribution in [3.8, 4) is 0 Å². The molecule has 0 bridgehead atoms. The van der Waals surface area contributed by atoms with Crippen LogP contribution in [0.2, 0.25) is 0 Å². The minimum absolute atomic E-state index is 0.0187. The number of fused-ring (bicyclic) bond motifs is 1. The lowest BCUT2D eigenvalue weighted by atomic mass is 10.1. The molecule has 1 fully saturated rings. The SMILES string of the molecule is CC(C)N(C(C)C)S(=O)(=O)c1ccc2nc(NC(=O)C3CCCC3)sc2c1. The third kappa shape index (κ3) is 4.17. The summed E-state index contributed by atoms with van der Waals surface area (Å²) in [5.41, 5.74) is 0.696. The summed E-state index contributed by atoms with van der Waals surface area (Å²) in [6, 6.07) is 4.70. The van der Waals surface area contributed by atoms with Gasteiger partial charge in [0.15, 0.2) is 5.13 Å². The lowest BCUT2D eigenvalue weighted by Gasteiger charge is -2.29. The average molecular weight is 410 g/mol. The number of benzene rings is 1. The van der Waals surface area contributed by atoms with Gasteiger partial charge in [0.05, 0.1) is 15.1 Å². The Bertz CT molecular complexity index is 921. The largest absolute Gasteiger partial charge is 0.302 e. The van der Waals surface area contributed by atoms with Crippen molar-refractivity contribution in [1.29, 1.82) is 0 Å². The van der Waals surface area contributed by atoms with Gasteiger partial charge in [-0.1, -0.05) is 24.2 Å². The van der Waals surface area contributed by atoms with E-state index in [9.17, 15) is 13.2 Å². The van der Waals surface area contributed by atoms with Crippen LogP contribution in [-0.4, -0.2) is 35.7 Å². The topological polar surface area (TPSA) is 79.4 Å². The zero-order valence-corrected chi connectivity index (χ0v) is 17.9. The average Bonchev–Trinajstić information content (AvgIpc) is 3.22. The molecule has 1 aromatic heterocycles. The van der Waals surface area contributed by atoms with Gasteiger partial charge >= 0.3 is 0 Å². The van der Waals surface area contributed by atoms with Crippen molar-refractivity contribution >= 4 is 42.6 Å². The molecule has 0 spiro atoms. The lowest BCUT2D eigenvalue weighted by molar-refractivity contribution is -0.119. The zero-order chi connectivity index (χ0) is 19.8. The minimum atomic E-state index is -3.59. The zero-order valence-electron chi connectivity index (χ0n) is 16.2. The van der Waals surface area contributed by atoms with Gasteiger partial charge < -0.3 is 5.32 Å². The third-order valence-electron chi connectivity index (χ3n) is 4.91. The van der Waals surface area contributed by atoms with E-state index in [0.717, 1.165) is 30.4 Å². The van der Waals surface area contributed by atoms with Crippen molar-refractivity contribution in [3.05, 3.63) is 18.2 Å². The van der Waals surface area contributed by atoms with Crippen LogP contribution >= 0.6 is 11.3 Å². The van der Waals surface area contributed by atoms with Crippen LogP contribution in [0.5, 0.6) is 0 Å². The van der Waals surface area contributed by atoms with E-state index in [1.54, 1.807) is 18.2 Å². The molecule has 8 heteroatoms. The standard InChI is InChI=1S/C19H27N3O3S2/c1-12(2)22(13(3)4)27(24,25)15-9-10-16-17(11-15)26-19(20-16)21-18(23)14-7-5-6-8-14/h9-14H,5-8H2,1-4H3,(H,20,21,23). The van der Waals surface area contributed by atoms with Gasteiger partial charge in [-0.15, -0.1) is 0 Å². The molecular weight excluding hydrogens is 382 g/mol. The Morgan fingerprint density at radius 1 is 1.19 bits per heavy atom. The molecule has 1 aliphatic carbocycles. The summed E-state index contributed by atoms with van der Waals surface area (Å²) in [7, 11) is -3.59. The highest BCUT2D eigenvalue weighted by atomic mass is 32.2. The van der Waals surface area contributed by atoms with Crippen molar-refractivity contribution in [2.75, 3.05) is 5.32 Å². The van der Waals surface area contributed by atoms with Crippen molar-refractivity contribution in [1.82, 2.24) is 9.29 Å². The molecule has 1 aliphatic rings. The molecule has 27 heavy (non-hydrogen) atoms. The van der Waals surface area contributed by atoms with Gasteiger partial charge in [-0.2, -0.15) is 4.31 Å². The Kier molecular flexibility index (Phi) is 5.88. The van der Waals surface area contributed by atoms with E-state index >= 15 is 0 Å². The Morgan fingerprint density at radius 3 is 2.41 bits per heavy atom. The van der Waals surface area contributed by atoms with E-state index in [2.05, 4.69) is 10.3 Å². The van der Waals surface area contributed by atoms with Crippen LogP contribution in [0.25, 0.3) is 10.2 Å². The highest BCUT2D eigenvalue weighted by molar-refractivity contribution is 7.89. The Labute approximate surface area is 165 Å². The summed E-state index contributed by atoms with van der Waals surface area (Å²) in [4.78, 5) is 17.0. The fourth-order valence-electron chi connectivity index (χ4n) is 3.79. The maximum atomic E-state index is 13.1. The monoisotopic (exact) mass is 409 g/mol. The van der Waals surface area contributed by atoms with Crippen molar-refractivity contribution in [2.24, 2.45) is 5.92 Å². The molecule has 1 heterocycles. The van der Waals surface area contributed by atoms with Gasteiger partial charge in [-0.25, -0.2) is 13.4 Å². The fourth-order valence-corrected chi connectivity index (χ4v) is 6.63. The van der Waals surface area contributed by atoms with Crippen LogP contribution in [0.1, 0.15) is 53.4 Å². The number of rotatable bonds is 6. The number of nitrogens with one attached hydrogen (secondary N) is 1. The minimum Gasteiger partial charge on any atom is -0.302 e. The van der Waals surface area contributed by atoms with Gasteiger partial charge in [0.1, 0.15) is 0 Å². The summed E-state index contributed by atoms with van der Waals surface area (Å²) < 4.78 is 28.4. The summed E-state index contributed by atoms with van der Waals surface area (Å²) in [6.45, 7) is 7.50. The number of sulfonamides is 1. The number of hydrogen-bond donors (Lipinski definition) is 1. The van der Waals surface area contributed by atoms with Crippen LogP contribution in [0, 0.1) is 5.92 Å². The number of amides is 1. The van der Waals surface area contributed by atoms with Crippen LogP contribution in [0.3, 0.4) is 0 Å². The Hall–Kier alpha value is -1.51. The van der Waals surface area contributed by atoms with E-state index in [-0.39, 0.29) is 28.8 Å². The number of nitrogens with zero attached hydrogens (tertiary/aromatic N) is 2. The first-order valence-corrected chi connectivity index (χ1v) is 11.7. The second kappa shape index (κ2) is 7.85. The van der Waals surface area contributed by atoms with E-state index in [1.165, 1.54) is 15.6 Å². The first-order chi connectivity index (χ1) is 12.7. The molecule has 0 saturated heterocycles. The maximum Gasteiger partial charge on any atom is 0.243 e. The molecular formula is C19H27N3O3S2. The van der Waals surface area contributed by atoms with Crippen LogP contribution < -0.4 is 5.32 Å². The van der Waals surface area contributed by atoms with Gasteiger partial charge in [-0.05, 0) is 58.7 Å². The summed E-state index contributed by atoms with van der Waals surface area (Å²) in [6.07, 6.45) is 4.06. The first kappa shape index (κ1) is 20.2. The third-order valence-corrected chi connectivity index (χ3v) is 8.09. The molecule has 148 valence electrons. The molecule has 0 aliphatic heterocycles. The number of anilines is 1. The Balaban J connectivity index is 1.88. The maximum absolute atomic E-state index is 13.1. The van der Waals surface area contributed by atoms with Crippen LogP contribution in [-0.2, 0) is 14.8 Å². The number of aromatic nitrogens is 1. The molecule has 1 N–H and O–H groups in total. The van der Waals surface area contributed by atoms with Gasteiger partial charge in [0.25, 0.3) is 0 Å². The highest BCUT2D eigenvalue weighted by Crippen LogP contribution is 2.32. The number of carbonyl (C=O) groups excluding carboxylic acids is 1. The van der Waals surface area contributed by atoms with E-state index in [4.69, 9.17) is 0 Å². The Morgan fingerprint density at radius 2 is 1.81 bits per heavy atom. The normalized spacial score (nSPS) is 16.1. The molecule has 3 rings (SSSR count). The summed E-state index contributed by atoms with van der Waals surface area (Å²) in [5.74, 6) is 0.0868. The van der Waals surface area contributed by atoms with Gasteiger partial charge in [0.2, 0.25) is 15.9 Å². The molecule has 1 saturated carbocycles. The highest BCUT2D eigenvalue weighted by Gasteiger charge is 2.30. The predicted octanol–water partition coefficient (Wildman–Crippen LogP) is 4.23. The molecule has 2 aromatic rings. The molecule has 1 amide bonds. The molecule has 1 aromatic carbocycles. The predicted molar refractivity (Wildman–Crippen MR) is 110 cm³/mol. The van der Waals surface area contributed by atoms with Gasteiger partial charge in [0, 0.05) is 18.0 Å². The second-order valence-electron chi connectivity index (χ2n) is 7.64. The quantitative estimate of drug-likeness (QED) is 0.774. The van der Waals surface area contributed by atoms with Crippen LogP contribution in [0.4, 0.5) is 5.13 Å².